The van der Waals surface area contributed by atoms with Gasteiger partial charge in [-0.1, -0.05) is 36.1 Å². The molecule has 2 aliphatic rings. The first-order valence-corrected chi connectivity index (χ1v) is 8.04. The standard InChI is InChI=1S/C20H19NO3/c1-12(22)21-17-16(10-11-20(2,3)13-8-9-13)18(23)14-6-4-5-7-15(14)19(17)24/h4-7,13H,8-9H2,1-3H3,(H,21,22). The molecule has 0 atom stereocenters. The van der Waals surface area contributed by atoms with Gasteiger partial charge in [-0.2, -0.15) is 0 Å². The van der Waals surface area contributed by atoms with E-state index in [0.29, 0.717) is 17.0 Å². The fourth-order valence-electron chi connectivity index (χ4n) is 2.92. The molecule has 0 saturated heterocycles. The van der Waals surface area contributed by atoms with Gasteiger partial charge in [0, 0.05) is 23.5 Å². The monoisotopic (exact) mass is 321 g/mol. The lowest BCUT2D eigenvalue weighted by Crippen LogP contribution is -2.32. The molecule has 1 fully saturated rings. The van der Waals surface area contributed by atoms with Crippen LogP contribution >= 0.6 is 0 Å². The number of carbonyl (C=O) groups excluding carboxylic acids is 3. The van der Waals surface area contributed by atoms with Crippen LogP contribution < -0.4 is 5.32 Å². The molecule has 0 aliphatic heterocycles. The van der Waals surface area contributed by atoms with Crippen molar-refractivity contribution in [3.8, 4) is 11.8 Å². The van der Waals surface area contributed by atoms with Gasteiger partial charge in [0.2, 0.25) is 17.5 Å². The molecule has 1 amide bonds. The third kappa shape index (κ3) is 2.90. The molecular weight excluding hydrogens is 302 g/mol. The molecule has 0 radical (unpaired) electrons. The zero-order valence-electron chi connectivity index (χ0n) is 14.0. The number of hydrogen-bond donors (Lipinski definition) is 1. The van der Waals surface area contributed by atoms with Crippen LogP contribution in [0.5, 0.6) is 0 Å². The van der Waals surface area contributed by atoms with Gasteiger partial charge in [0.1, 0.15) is 11.3 Å². The molecule has 2 aliphatic carbocycles. The third-order valence-electron chi connectivity index (χ3n) is 4.53. The molecule has 1 N–H and O–H groups in total. The minimum absolute atomic E-state index is 0.00898. The third-order valence-corrected chi connectivity index (χ3v) is 4.53. The summed E-state index contributed by atoms with van der Waals surface area (Å²) in [5.74, 6) is 5.50. The molecule has 24 heavy (non-hydrogen) atoms. The highest BCUT2D eigenvalue weighted by atomic mass is 16.2. The van der Waals surface area contributed by atoms with Gasteiger partial charge in [0.05, 0.1) is 0 Å². The molecule has 1 aromatic carbocycles. The molecule has 4 heteroatoms. The predicted octanol–water partition coefficient (Wildman–Crippen LogP) is 2.90. The van der Waals surface area contributed by atoms with Crippen LogP contribution in [0.4, 0.5) is 0 Å². The highest BCUT2D eigenvalue weighted by Gasteiger charge is 2.37. The summed E-state index contributed by atoms with van der Waals surface area (Å²) >= 11 is 0. The van der Waals surface area contributed by atoms with Gasteiger partial charge in [-0.15, -0.1) is 0 Å². The van der Waals surface area contributed by atoms with Crippen LogP contribution in [0.15, 0.2) is 35.5 Å². The van der Waals surface area contributed by atoms with Crippen LogP contribution in [0.1, 0.15) is 54.3 Å². The molecule has 122 valence electrons. The van der Waals surface area contributed by atoms with Crippen molar-refractivity contribution in [2.24, 2.45) is 11.3 Å². The van der Waals surface area contributed by atoms with E-state index in [1.165, 1.54) is 6.92 Å². The molecule has 0 unspecified atom stereocenters. The number of ketones is 2. The highest BCUT2D eigenvalue weighted by Crippen LogP contribution is 2.44. The molecule has 0 bridgehead atoms. The number of benzene rings is 1. The van der Waals surface area contributed by atoms with Gasteiger partial charge >= 0.3 is 0 Å². The number of fused-ring (bicyclic) bond motifs is 1. The summed E-state index contributed by atoms with van der Waals surface area (Å²) < 4.78 is 0. The maximum Gasteiger partial charge on any atom is 0.221 e. The molecule has 1 aromatic rings. The predicted molar refractivity (Wildman–Crippen MR) is 90.2 cm³/mol. The van der Waals surface area contributed by atoms with Crippen molar-refractivity contribution in [2.75, 3.05) is 0 Å². The van der Waals surface area contributed by atoms with E-state index in [0.717, 1.165) is 12.8 Å². The summed E-state index contributed by atoms with van der Waals surface area (Å²) in [6.07, 6.45) is 2.27. The molecule has 4 nitrogen and oxygen atoms in total. The van der Waals surface area contributed by atoms with Crippen molar-refractivity contribution in [3.05, 3.63) is 46.7 Å². The number of Topliss-reactive ketones (excluding diaryl/α,β-unsaturated/α-hetero) is 2. The maximum atomic E-state index is 12.8. The molecule has 3 rings (SSSR count). The Morgan fingerprint density at radius 3 is 2.25 bits per heavy atom. The minimum atomic E-state index is -0.397. The Morgan fingerprint density at radius 2 is 1.71 bits per heavy atom. The van der Waals surface area contributed by atoms with Crippen molar-refractivity contribution in [2.45, 2.75) is 33.6 Å². The van der Waals surface area contributed by atoms with Gasteiger partial charge in [-0.05, 0) is 32.6 Å². The van der Waals surface area contributed by atoms with Gasteiger partial charge in [0.25, 0.3) is 0 Å². The number of hydrogen-bond acceptors (Lipinski definition) is 3. The van der Waals surface area contributed by atoms with Gasteiger partial charge < -0.3 is 5.32 Å². The van der Waals surface area contributed by atoms with Gasteiger partial charge in [-0.3, -0.25) is 14.4 Å². The zero-order chi connectivity index (χ0) is 17.5. The first kappa shape index (κ1) is 16.2. The Labute approximate surface area is 141 Å². The van der Waals surface area contributed by atoms with E-state index in [1.807, 2.05) is 13.8 Å². The summed E-state index contributed by atoms with van der Waals surface area (Å²) in [6, 6.07) is 6.62. The first-order valence-electron chi connectivity index (χ1n) is 8.04. The fourth-order valence-corrected chi connectivity index (χ4v) is 2.92. The van der Waals surface area contributed by atoms with Crippen molar-refractivity contribution >= 4 is 17.5 Å². The summed E-state index contributed by atoms with van der Waals surface area (Å²) in [7, 11) is 0. The summed E-state index contributed by atoms with van der Waals surface area (Å²) in [5, 5.41) is 2.50. The Hall–Kier alpha value is -2.67. The van der Waals surface area contributed by atoms with E-state index in [-0.39, 0.29) is 28.3 Å². The lowest BCUT2D eigenvalue weighted by atomic mass is 9.84. The Balaban J connectivity index is 2.11. The first-order chi connectivity index (χ1) is 11.3. The van der Waals surface area contributed by atoms with Crippen LogP contribution in [0.3, 0.4) is 0 Å². The van der Waals surface area contributed by atoms with Crippen molar-refractivity contribution in [1.29, 1.82) is 0 Å². The Morgan fingerprint density at radius 1 is 1.12 bits per heavy atom. The number of amides is 1. The Bertz CT molecular complexity index is 845. The number of nitrogens with one attached hydrogen (secondary N) is 1. The van der Waals surface area contributed by atoms with E-state index in [9.17, 15) is 14.4 Å². The van der Waals surface area contributed by atoms with E-state index in [2.05, 4.69) is 17.2 Å². The smallest absolute Gasteiger partial charge is 0.221 e. The van der Waals surface area contributed by atoms with Gasteiger partial charge in [0.15, 0.2) is 0 Å². The summed E-state index contributed by atoms with van der Waals surface area (Å²) in [4.78, 5) is 37.0. The summed E-state index contributed by atoms with van der Waals surface area (Å²) in [5.41, 5.74) is 0.505. The number of rotatable bonds is 2. The second kappa shape index (κ2) is 5.76. The Kier molecular flexibility index (Phi) is 3.88. The normalized spacial score (nSPS) is 17.1. The van der Waals surface area contributed by atoms with Crippen LogP contribution in [0.2, 0.25) is 0 Å². The minimum Gasteiger partial charge on any atom is -0.322 e. The quantitative estimate of drug-likeness (QED) is 0.852. The number of carbonyl (C=O) groups is 3. The lowest BCUT2D eigenvalue weighted by molar-refractivity contribution is -0.118. The van der Waals surface area contributed by atoms with Crippen molar-refractivity contribution in [3.63, 3.8) is 0 Å². The second-order valence-electron chi connectivity index (χ2n) is 6.88. The van der Waals surface area contributed by atoms with Crippen molar-refractivity contribution < 1.29 is 14.4 Å². The second-order valence-corrected chi connectivity index (χ2v) is 6.88. The van der Waals surface area contributed by atoms with Crippen LogP contribution in [-0.2, 0) is 4.79 Å². The largest absolute Gasteiger partial charge is 0.322 e. The van der Waals surface area contributed by atoms with Crippen LogP contribution in [-0.4, -0.2) is 17.5 Å². The van der Waals surface area contributed by atoms with E-state index in [4.69, 9.17) is 0 Å². The topological polar surface area (TPSA) is 63.2 Å². The van der Waals surface area contributed by atoms with Crippen molar-refractivity contribution in [1.82, 2.24) is 5.32 Å². The van der Waals surface area contributed by atoms with E-state index < -0.39 is 5.91 Å². The average Bonchev–Trinajstić information content (AvgIpc) is 3.37. The molecule has 0 spiro atoms. The number of allylic oxidation sites excluding steroid dienone is 2. The SMILES string of the molecule is CC(=O)NC1=C(C#CC(C)(C)C2CC2)C(=O)c2ccccc2C1=O. The lowest BCUT2D eigenvalue weighted by Gasteiger charge is -2.19. The van der Waals surface area contributed by atoms with E-state index >= 15 is 0 Å². The molecule has 0 heterocycles. The molecule has 0 aromatic heterocycles. The van der Waals surface area contributed by atoms with E-state index in [1.54, 1.807) is 24.3 Å². The average molecular weight is 321 g/mol. The fraction of sp³-hybridized carbons (Fsp3) is 0.350. The molecular formula is C20H19NO3. The van der Waals surface area contributed by atoms with Crippen LogP contribution in [0, 0.1) is 23.2 Å². The summed E-state index contributed by atoms with van der Waals surface area (Å²) in [6.45, 7) is 5.39. The molecule has 1 saturated carbocycles. The van der Waals surface area contributed by atoms with Crippen LogP contribution in [0.25, 0.3) is 0 Å². The maximum absolute atomic E-state index is 12.8. The van der Waals surface area contributed by atoms with Gasteiger partial charge in [-0.25, -0.2) is 0 Å². The highest BCUT2D eigenvalue weighted by molar-refractivity contribution is 6.29. The zero-order valence-corrected chi connectivity index (χ0v) is 14.0.